The van der Waals surface area contributed by atoms with Gasteiger partial charge in [-0.3, -0.25) is 4.79 Å². The molecular formula is C32H39O4P. The molecule has 0 unspecified atom stereocenters. The van der Waals surface area contributed by atoms with Crippen LogP contribution in [0.3, 0.4) is 0 Å². The summed E-state index contributed by atoms with van der Waals surface area (Å²) >= 11 is 0. The number of rotatable bonds is 10. The maximum Gasteiger partial charge on any atom is 0.336 e. The topological polar surface area (TPSA) is 52.6 Å². The first-order valence-corrected chi connectivity index (χ1v) is 14.7. The van der Waals surface area contributed by atoms with Crippen LogP contribution in [0.25, 0.3) is 0 Å². The smallest absolute Gasteiger partial charge is 0.336 e. The fourth-order valence-corrected chi connectivity index (χ4v) is 8.51. The number of esters is 2. The summed E-state index contributed by atoms with van der Waals surface area (Å²) in [6.45, 7) is 8.73. The van der Waals surface area contributed by atoms with Gasteiger partial charge in [0.2, 0.25) is 0 Å². The van der Waals surface area contributed by atoms with Crippen LogP contribution in [0, 0.1) is 0 Å². The van der Waals surface area contributed by atoms with Crippen molar-refractivity contribution in [1.82, 2.24) is 0 Å². The molecule has 0 amide bonds. The molecule has 3 aromatic rings. The molecule has 0 radical (unpaired) electrons. The van der Waals surface area contributed by atoms with Gasteiger partial charge in [0.05, 0.1) is 11.7 Å². The minimum absolute atomic E-state index is 0.158. The van der Waals surface area contributed by atoms with Crippen molar-refractivity contribution in [3.63, 3.8) is 0 Å². The van der Waals surface area contributed by atoms with Crippen molar-refractivity contribution in [2.75, 3.05) is 0 Å². The third-order valence-corrected chi connectivity index (χ3v) is 11.2. The highest BCUT2D eigenvalue weighted by molar-refractivity contribution is 7.96. The Morgan fingerprint density at radius 1 is 0.622 bits per heavy atom. The van der Waals surface area contributed by atoms with E-state index in [-0.39, 0.29) is 6.42 Å². The summed E-state index contributed by atoms with van der Waals surface area (Å²) in [5.41, 5.74) is -1.32. The molecule has 37 heavy (non-hydrogen) atoms. The first-order chi connectivity index (χ1) is 17.6. The third kappa shape index (κ3) is 6.62. The van der Waals surface area contributed by atoms with Gasteiger partial charge < -0.3 is 9.47 Å². The lowest BCUT2D eigenvalue weighted by Crippen LogP contribution is -2.39. The van der Waals surface area contributed by atoms with E-state index in [0.717, 1.165) is 15.9 Å². The highest BCUT2D eigenvalue weighted by Crippen LogP contribution is 2.47. The van der Waals surface area contributed by atoms with Crippen LogP contribution in [-0.4, -0.2) is 28.4 Å². The minimum atomic E-state index is -2.80. The number of hydrogen-bond acceptors (Lipinski definition) is 4. The van der Waals surface area contributed by atoms with Crippen molar-refractivity contribution in [2.45, 2.75) is 72.0 Å². The van der Waals surface area contributed by atoms with Crippen LogP contribution in [0.5, 0.6) is 0 Å². The number of carbonyl (C=O) groups is 2. The van der Waals surface area contributed by atoms with Gasteiger partial charge in [0, 0.05) is 0 Å². The first-order valence-electron chi connectivity index (χ1n) is 12.9. The summed E-state index contributed by atoms with van der Waals surface area (Å²) in [7, 11) is 0. The van der Waals surface area contributed by atoms with Gasteiger partial charge in [0.25, 0.3) is 0 Å². The van der Waals surface area contributed by atoms with Crippen LogP contribution in [-0.2, 0) is 19.1 Å². The van der Waals surface area contributed by atoms with Crippen LogP contribution in [0.1, 0.15) is 60.8 Å². The lowest BCUT2D eigenvalue weighted by Gasteiger charge is -2.34. The molecule has 3 aromatic carbocycles. The number of hydrogen-bond donors (Lipinski definition) is 0. The molecule has 0 atom stereocenters. The molecule has 3 rings (SSSR count). The van der Waals surface area contributed by atoms with E-state index in [2.05, 4.69) is 0 Å². The van der Waals surface area contributed by atoms with Gasteiger partial charge in [-0.1, -0.05) is 105 Å². The number of ether oxygens (including phenoxy) is 2. The van der Waals surface area contributed by atoms with Crippen molar-refractivity contribution >= 4 is 40.0 Å². The van der Waals surface area contributed by atoms with E-state index >= 15 is 0 Å². The molecule has 0 aromatic heterocycles. The Hall–Kier alpha value is -3.10. The Bertz CT molecular complexity index is 1140. The molecule has 0 saturated carbocycles. The Morgan fingerprint density at radius 2 is 0.973 bits per heavy atom. The van der Waals surface area contributed by atoms with Gasteiger partial charge >= 0.3 is 11.9 Å². The van der Waals surface area contributed by atoms with Gasteiger partial charge in [-0.2, -0.15) is 0 Å². The van der Waals surface area contributed by atoms with Gasteiger partial charge in [0.1, 0.15) is 11.2 Å². The molecule has 196 valence electrons. The van der Waals surface area contributed by atoms with Crippen molar-refractivity contribution < 1.29 is 19.1 Å². The second kappa shape index (κ2) is 12.0. The number of benzene rings is 3. The standard InChI is InChI=1S/C32H39O4P/c1-7-31(3,4)35-29(33)24-28(30(34)36-32(5,6)8-2)37(25-18-12-9-13-19-25,26-20-14-10-15-21-26)27-22-16-11-17-23-27/h9-23H,7-8,24H2,1-6H3. The van der Waals surface area contributed by atoms with E-state index in [1.54, 1.807) is 0 Å². The van der Waals surface area contributed by atoms with Crippen LogP contribution >= 0.6 is 6.89 Å². The zero-order valence-electron chi connectivity index (χ0n) is 22.9. The second-order valence-electron chi connectivity index (χ2n) is 10.4. The second-order valence-corrected chi connectivity index (χ2v) is 13.8. The van der Waals surface area contributed by atoms with E-state index in [0.29, 0.717) is 18.1 Å². The lowest BCUT2D eigenvalue weighted by molar-refractivity contribution is -0.156. The van der Waals surface area contributed by atoms with Crippen molar-refractivity contribution in [3.05, 3.63) is 91.0 Å². The van der Waals surface area contributed by atoms with E-state index < -0.39 is 30.0 Å². The average Bonchev–Trinajstić information content (AvgIpc) is 2.90. The summed E-state index contributed by atoms with van der Waals surface area (Å²) in [6.07, 6.45) is 1.15. The summed E-state index contributed by atoms with van der Waals surface area (Å²) in [4.78, 5) is 27.7. The predicted molar refractivity (Wildman–Crippen MR) is 156 cm³/mol. The molecule has 0 aliphatic carbocycles. The molecule has 0 N–H and O–H groups in total. The summed E-state index contributed by atoms with van der Waals surface area (Å²) in [6, 6.07) is 30.1. The van der Waals surface area contributed by atoms with Gasteiger partial charge in [-0.25, -0.2) is 4.79 Å². The van der Waals surface area contributed by atoms with Crippen molar-refractivity contribution in [1.29, 1.82) is 0 Å². The largest absolute Gasteiger partial charge is 0.459 e. The Labute approximate surface area is 222 Å². The lowest BCUT2D eigenvalue weighted by atomic mass is 10.1. The molecule has 0 heterocycles. The minimum Gasteiger partial charge on any atom is -0.459 e. The maximum atomic E-state index is 14.2. The maximum absolute atomic E-state index is 14.2. The Balaban J connectivity index is 2.47. The van der Waals surface area contributed by atoms with Crippen LogP contribution < -0.4 is 15.9 Å². The normalized spacial score (nSPS) is 12.1. The fraction of sp³-hybridized carbons (Fsp3) is 0.344. The van der Waals surface area contributed by atoms with Crippen LogP contribution in [0.15, 0.2) is 91.0 Å². The Kier molecular flexibility index (Phi) is 9.21. The monoisotopic (exact) mass is 518 g/mol. The first kappa shape index (κ1) is 28.5. The molecule has 0 spiro atoms. The van der Waals surface area contributed by atoms with Crippen LogP contribution in [0.4, 0.5) is 0 Å². The molecule has 0 fully saturated rings. The molecular weight excluding hydrogens is 479 g/mol. The molecule has 5 heteroatoms. The van der Waals surface area contributed by atoms with Gasteiger partial charge in [0.15, 0.2) is 0 Å². The SMILES string of the molecule is CCC(C)(C)OC(=O)CC(C(=O)OC(C)(C)CC)=P(c1ccccc1)(c1ccccc1)c1ccccc1. The van der Waals surface area contributed by atoms with E-state index in [9.17, 15) is 9.59 Å². The van der Waals surface area contributed by atoms with E-state index in [4.69, 9.17) is 9.47 Å². The quantitative estimate of drug-likeness (QED) is 0.244. The highest BCUT2D eigenvalue weighted by Gasteiger charge is 2.37. The zero-order valence-corrected chi connectivity index (χ0v) is 23.8. The number of carbonyl (C=O) groups excluding carboxylic acids is 2. The average molecular weight is 519 g/mol. The van der Waals surface area contributed by atoms with Crippen molar-refractivity contribution in [2.24, 2.45) is 0 Å². The third-order valence-electron chi connectivity index (χ3n) is 6.84. The zero-order chi connectivity index (χ0) is 27.1. The fourth-order valence-electron chi connectivity index (χ4n) is 4.13. The van der Waals surface area contributed by atoms with E-state index in [1.807, 2.05) is 133 Å². The molecule has 0 aliphatic rings. The summed E-state index contributed by atoms with van der Waals surface area (Å²) in [5.74, 6) is -0.886. The van der Waals surface area contributed by atoms with Crippen LogP contribution in [0.2, 0.25) is 0 Å². The molecule has 0 bridgehead atoms. The summed E-state index contributed by atoms with van der Waals surface area (Å²) in [5, 5.41) is 3.39. The van der Waals surface area contributed by atoms with Gasteiger partial charge in [-0.15, -0.1) is 0 Å². The van der Waals surface area contributed by atoms with E-state index in [1.165, 1.54) is 0 Å². The van der Waals surface area contributed by atoms with Crippen molar-refractivity contribution in [3.8, 4) is 0 Å². The highest BCUT2D eigenvalue weighted by atomic mass is 31.2. The van der Waals surface area contributed by atoms with Gasteiger partial charge in [-0.05, 0) is 63.3 Å². The predicted octanol–water partition coefficient (Wildman–Crippen LogP) is 6.01. The molecule has 0 saturated heterocycles. The molecule has 0 aliphatic heterocycles. The molecule has 4 nitrogen and oxygen atoms in total. The Morgan fingerprint density at radius 3 is 1.32 bits per heavy atom. The summed E-state index contributed by atoms with van der Waals surface area (Å²) < 4.78 is 12.0.